The van der Waals surface area contributed by atoms with E-state index in [0.717, 1.165) is 55.8 Å². The Balaban J connectivity index is 1.44. The number of anilines is 1. The molecule has 2 aromatic heterocycles. The molecule has 1 atom stereocenters. The Morgan fingerprint density at radius 1 is 1.07 bits per heavy atom. The van der Waals surface area contributed by atoms with Gasteiger partial charge >= 0.3 is 6.03 Å². The standard InChI is InChI=1S/C20H22N4O2S/c25-18(15-5-11-27-12-15)24-14-20(17-16(24)4-3-7-21-17)6-10-23(13-20)19(26)22-8-1-2-9-22/h3-5,7,11-12H,1-2,6,8-10,13-14H2/t20-/m1/s1. The normalized spacial score (nSPS) is 24.1. The second-order valence-electron chi connectivity index (χ2n) is 7.70. The van der Waals surface area contributed by atoms with Crippen LogP contribution in [0.25, 0.3) is 0 Å². The van der Waals surface area contributed by atoms with Crippen molar-refractivity contribution in [3.8, 4) is 0 Å². The minimum atomic E-state index is -0.252. The number of rotatable bonds is 1. The molecule has 5 heterocycles. The fourth-order valence-electron chi connectivity index (χ4n) is 4.68. The zero-order valence-corrected chi connectivity index (χ0v) is 16.0. The Morgan fingerprint density at radius 3 is 2.70 bits per heavy atom. The second-order valence-corrected chi connectivity index (χ2v) is 8.48. The number of likely N-dealkylation sites (tertiary alicyclic amines) is 2. The third kappa shape index (κ3) is 2.64. The second kappa shape index (κ2) is 6.34. The molecule has 0 saturated carbocycles. The first-order chi connectivity index (χ1) is 13.2. The number of hydrogen-bond acceptors (Lipinski definition) is 4. The van der Waals surface area contributed by atoms with E-state index in [9.17, 15) is 9.59 Å². The highest BCUT2D eigenvalue weighted by atomic mass is 32.1. The molecule has 0 aromatic carbocycles. The van der Waals surface area contributed by atoms with Crippen LogP contribution in [-0.4, -0.2) is 59.4 Å². The number of urea groups is 1. The molecule has 1 spiro atoms. The van der Waals surface area contributed by atoms with Gasteiger partial charge in [-0.1, -0.05) is 0 Å². The van der Waals surface area contributed by atoms with Gasteiger partial charge in [-0.3, -0.25) is 9.78 Å². The summed E-state index contributed by atoms with van der Waals surface area (Å²) in [6.45, 7) is 3.68. The number of aromatic nitrogens is 1. The average Bonchev–Trinajstić information content (AvgIpc) is 3.49. The molecule has 0 unspecified atom stereocenters. The molecule has 5 rings (SSSR count). The van der Waals surface area contributed by atoms with Crippen molar-refractivity contribution in [2.75, 3.05) is 37.6 Å². The van der Waals surface area contributed by atoms with Crippen LogP contribution < -0.4 is 4.90 Å². The first-order valence-electron chi connectivity index (χ1n) is 9.51. The first-order valence-corrected chi connectivity index (χ1v) is 10.5. The monoisotopic (exact) mass is 382 g/mol. The number of carbonyl (C=O) groups excluding carboxylic acids is 2. The number of fused-ring (bicyclic) bond motifs is 2. The molecule has 0 aliphatic carbocycles. The van der Waals surface area contributed by atoms with Crippen LogP contribution in [0.5, 0.6) is 0 Å². The van der Waals surface area contributed by atoms with E-state index in [4.69, 9.17) is 0 Å². The summed E-state index contributed by atoms with van der Waals surface area (Å²) in [4.78, 5) is 36.3. The largest absolute Gasteiger partial charge is 0.325 e. The van der Waals surface area contributed by atoms with Crippen molar-refractivity contribution in [3.05, 3.63) is 46.4 Å². The van der Waals surface area contributed by atoms with Crippen molar-refractivity contribution >= 4 is 29.0 Å². The lowest BCUT2D eigenvalue weighted by Gasteiger charge is -2.27. The Hall–Kier alpha value is -2.41. The molecule has 2 aromatic rings. The van der Waals surface area contributed by atoms with Gasteiger partial charge in [0.25, 0.3) is 5.91 Å². The van der Waals surface area contributed by atoms with Gasteiger partial charge in [0, 0.05) is 44.3 Å². The van der Waals surface area contributed by atoms with Gasteiger partial charge < -0.3 is 14.7 Å². The fraction of sp³-hybridized carbons (Fsp3) is 0.450. The van der Waals surface area contributed by atoms with Crippen LogP contribution in [0.3, 0.4) is 0 Å². The quantitative estimate of drug-likeness (QED) is 0.762. The Morgan fingerprint density at radius 2 is 1.93 bits per heavy atom. The van der Waals surface area contributed by atoms with Gasteiger partial charge in [-0.05, 0) is 42.8 Å². The van der Waals surface area contributed by atoms with Crippen LogP contribution in [0, 0.1) is 0 Å². The summed E-state index contributed by atoms with van der Waals surface area (Å²) in [6, 6.07) is 5.87. The van der Waals surface area contributed by atoms with E-state index in [1.807, 2.05) is 43.7 Å². The molecule has 2 fully saturated rings. The SMILES string of the molecule is O=C(N1CCCC1)N1CC[C@@]2(C1)CN(C(=O)c1ccsc1)c1cccnc12. The van der Waals surface area contributed by atoms with Crippen LogP contribution in [0.1, 0.15) is 35.3 Å². The number of thiophene rings is 1. The Bertz CT molecular complexity index is 878. The van der Waals surface area contributed by atoms with Crippen molar-refractivity contribution in [3.63, 3.8) is 0 Å². The van der Waals surface area contributed by atoms with Crippen LogP contribution in [0.2, 0.25) is 0 Å². The molecule has 3 aliphatic heterocycles. The number of nitrogens with zero attached hydrogens (tertiary/aromatic N) is 4. The summed E-state index contributed by atoms with van der Waals surface area (Å²) >= 11 is 1.53. The minimum Gasteiger partial charge on any atom is -0.325 e. The van der Waals surface area contributed by atoms with Gasteiger partial charge in [0.2, 0.25) is 0 Å². The molecule has 3 amide bonds. The highest BCUT2D eigenvalue weighted by molar-refractivity contribution is 7.08. The lowest BCUT2D eigenvalue weighted by molar-refractivity contribution is 0.0985. The van der Waals surface area contributed by atoms with Crippen molar-refractivity contribution in [2.45, 2.75) is 24.7 Å². The predicted molar refractivity (Wildman–Crippen MR) is 104 cm³/mol. The topological polar surface area (TPSA) is 56.8 Å². The van der Waals surface area contributed by atoms with Crippen LogP contribution in [0.15, 0.2) is 35.2 Å². The molecule has 27 heavy (non-hydrogen) atoms. The molecule has 0 N–H and O–H groups in total. The highest BCUT2D eigenvalue weighted by Gasteiger charge is 2.51. The maximum atomic E-state index is 13.1. The highest BCUT2D eigenvalue weighted by Crippen LogP contribution is 2.45. The molecule has 0 bridgehead atoms. The van der Waals surface area contributed by atoms with E-state index in [1.54, 1.807) is 6.20 Å². The summed E-state index contributed by atoms with van der Waals surface area (Å²) < 4.78 is 0. The third-order valence-corrected chi connectivity index (χ3v) is 6.74. The summed E-state index contributed by atoms with van der Waals surface area (Å²) in [5.41, 5.74) is 2.32. The Kier molecular flexibility index (Phi) is 3.93. The van der Waals surface area contributed by atoms with E-state index in [-0.39, 0.29) is 17.4 Å². The van der Waals surface area contributed by atoms with Crippen molar-refractivity contribution < 1.29 is 9.59 Å². The number of carbonyl (C=O) groups is 2. The van der Waals surface area contributed by atoms with Gasteiger partial charge in [0.15, 0.2) is 0 Å². The predicted octanol–water partition coefficient (Wildman–Crippen LogP) is 2.96. The first kappa shape index (κ1) is 16.7. The van der Waals surface area contributed by atoms with E-state index in [2.05, 4.69) is 4.98 Å². The van der Waals surface area contributed by atoms with Crippen LogP contribution in [0.4, 0.5) is 10.5 Å². The summed E-state index contributed by atoms with van der Waals surface area (Å²) in [6.07, 6.45) is 4.84. The fourth-order valence-corrected chi connectivity index (χ4v) is 5.31. The maximum absolute atomic E-state index is 13.1. The summed E-state index contributed by atoms with van der Waals surface area (Å²) in [5.74, 6) is 0.0201. The van der Waals surface area contributed by atoms with Crippen LogP contribution in [-0.2, 0) is 5.41 Å². The van der Waals surface area contributed by atoms with E-state index in [1.165, 1.54) is 11.3 Å². The lowest BCUT2D eigenvalue weighted by atomic mass is 9.85. The summed E-state index contributed by atoms with van der Waals surface area (Å²) in [5, 5.41) is 3.82. The molecule has 7 heteroatoms. The van der Waals surface area contributed by atoms with E-state index < -0.39 is 0 Å². The van der Waals surface area contributed by atoms with Crippen molar-refractivity contribution in [1.29, 1.82) is 0 Å². The van der Waals surface area contributed by atoms with Gasteiger partial charge in [-0.25, -0.2) is 4.79 Å². The molecular weight excluding hydrogens is 360 g/mol. The molecular formula is C20H22N4O2S. The summed E-state index contributed by atoms with van der Waals surface area (Å²) in [7, 11) is 0. The zero-order valence-electron chi connectivity index (χ0n) is 15.1. The Labute approximate surface area is 162 Å². The number of hydrogen-bond donors (Lipinski definition) is 0. The molecule has 3 aliphatic rings. The van der Waals surface area contributed by atoms with Crippen molar-refractivity contribution in [1.82, 2.24) is 14.8 Å². The maximum Gasteiger partial charge on any atom is 0.320 e. The number of pyridine rings is 1. The zero-order chi connectivity index (χ0) is 18.4. The van der Waals surface area contributed by atoms with Gasteiger partial charge in [0.05, 0.1) is 22.4 Å². The molecule has 6 nitrogen and oxygen atoms in total. The third-order valence-electron chi connectivity index (χ3n) is 6.05. The average molecular weight is 382 g/mol. The van der Waals surface area contributed by atoms with Gasteiger partial charge in [0.1, 0.15) is 0 Å². The van der Waals surface area contributed by atoms with Gasteiger partial charge in [-0.15, -0.1) is 0 Å². The van der Waals surface area contributed by atoms with Crippen molar-refractivity contribution in [2.24, 2.45) is 0 Å². The molecule has 0 radical (unpaired) electrons. The van der Waals surface area contributed by atoms with E-state index in [0.29, 0.717) is 13.1 Å². The van der Waals surface area contributed by atoms with Crippen LogP contribution >= 0.6 is 11.3 Å². The minimum absolute atomic E-state index is 0.0201. The molecule has 2 saturated heterocycles. The van der Waals surface area contributed by atoms with E-state index >= 15 is 0 Å². The lowest BCUT2D eigenvalue weighted by Crippen LogP contribution is -2.44. The van der Waals surface area contributed by atoms with Gasteiger partial charge in [-0.2, -0.15) is 11.3 Å². The number of amides is 3. The smallest absolute Gasteiger partial charge is 0.320 e. The molecule has 140 valence electrons.